The zero-order chi connectivity index (χ0) is 19.3. The van der Waals surface area contributed by atoms with Crippen molar-refractivity contribution in [3.05, 3.63) is 52.8 Å². The van der Waals surface area contributed by atoms with Crippen molar-refractivity contribution in [2.75, 3.05) is 22.3 Å². The monoisotopic (exact) mass is 388 g/mol. The molecule has 2 aromatic carbocycles. The molecule has 0 saturated heterocycles. The van der Waals surface area contributed by atoms with Crippen LogP contribution in [0.1, 0.15) is 30.0 Å². The van der Waals surface area contributed by atoms with E-state index in [9.17, 15) is 17.6 Å². The molecule has 2 heterocycles. The Kier molecular flexibility index (Phi) is 4.22. The third-order valence-corrected chi connectivity index (χ3v) is 7.11. The summed E-state index contributed by atoms with van der Waals surface area (Å²) in [5, 5.41) is 0. The summed E-state index contributed by atoms with van der Waals surface area (Å²) in [6.45, 7) is 4.19. The third-order valence-electron chi connectivity index (χ3n) is 5.32. The first-order valence-electron chi connectivity index (χ1n) is 9.02. The second-order valence-corrected chi connectivity index (χ2v) is 8.98. The number of nitrogens with zero attached hydrogens (tertiary/aromatic N) is 2. The highest BCUT2D eigenvalue weighted by Crippen LogP contribution is 2.37. The van der Waals surface area contributed by atoms with Gasteiger partial charge in [0.15, 0.2) is 0 Å². The molecule has 0 aromatic heterocycles. The summed E-state index contributed by atoms with van der Waals surface area (Å²) < 4.78 is 41.9. The molecule has 0 fully saturated rings. The topological polar surface area (TPSA) is 57.7 Å². The fraction of sp³-hybridized carbons (Fsp3) is 0.350. The van der Waals surface area contributed by atoms with Gasteiger partial charge in [-0.25, -0.2) is 12.8 Å². The molecule has 2 aliphatic rings. The molecular formula is C20H21FN2O3S. The third kappa shape index (κ3) is 2.90. The van der Waals surface area contributed by atoms with E-state index in [1.54, 1.807) is 30.0 Å². The molecule has 4 rings (SSSR count). The molecule has 0 spiro atoms. The maximum Gasteiger partial charge on any atom is 0.264 e. The van der Waals surface area contributed by atoms with Gasteiger partial charge in [0.05, 0.1) is 10.6 Å². The first-order valence-corrected chi connectivity index (χ1v) is 10.5. The minimum absolute atomic E-state index is 0.0491. The molecular weight excluding hydrogens is 367 g/mol. The normalized spacial score (nSPS) is 16.3. The predicted molar refractivity (Wildman–Crippen MR) is 102 cm³/mol. The highest BCUT2D eigenvalue weighted by Gasteiger charge is 2.32. The minimum atomic E-state index is -3.76. The van der Waals surface area contributed by atoms with Crippen molar-refractivity contribution in [2.45, 2.75) is 38.0 Å². The summed E-state index contributed by atoms with van der Waals surface area (Å²) >= 11 is 0. The van der Waals surface area contributed by atoms with Crippen LogP contribution in [0.2, 0.25) is 0 Å². The van der Waals surface area contributed by atoms with Crippen molar-refractivity contribution >= 4 is 27.3 Å². The van der Waals surface area contributed by atoms with Gasteiger partial charge in [-0.05, 0) is 73.2 Å². The summed E-state index contributed by atoms with van der Waals surface area (Å²) in [5.41, 5.74) is 3.58. The molecule has 1 amide bonds. The molecule has 0 unspecified atom stereocenters. The van der Waals surface area contributed by atoms with Crippen molar-refractivity contribution in [3.8, 4) is 0 Å². The van der Waals surface area contributed by atoms with Crippen molar-refractivity contribution in [1.82, 2.24) is 0 Å². The number of fused-ring (bicyclic) bond motifs is 2. The predicted octanol–water partition coefficient (Wildman–Crippen LogP) is 3.18. The number of benzene rings is 2. The highest BCUT2D eigenvalue weighted by atomic mass is 32.2. The Hall–Kier alpha value is -2.41. The molecule has 0 saturated carbocycles. The molecule has 2 aromatic rings. The van der Waals surface area contributed by atoms with E-state index in [0.29, 0.717) is 43.6 Å². The van der Waals surface area contributed by atoms with Gasteiger partial charge >= 0.3 is 0 Å². The standard InChI is InChI=1S/C20H21FN2O3S/c1-13-10-17(21)11-16-4-3-8-23(20(13)16)27(25,26)18-5-6-19-15(12-18)7-9-22(19)14(2)24/h5-6,10-12H,3-4,7-9H2,1-2H3. The van der Waals surface area contributed by atoms with Gasteiger partial charge in [0.1, 0.15) is 5.82 Å². The Balaban J connectivity index is 1.78. The molecule has 0 bridgehead atoms. The van der Waals surface area contributed by atoms with Crippen LogP contribution in [0.5, 0.6) is 0 Å². The van der Waals surface area contributed by atoms with Crippen LogP contribution in [0.25, 0.3) is 0 Å². The van der Waals surface area contributed by atoms with Gasteiger partial charge in [-0.15, -0.1) is 0 Å². The average molecular weight is 388 g/mol. The van der Waals surface area contributed by atoms with E-state index in [-0.39, 0.29) is 16.6 Å². The summed E-state index contributed by atoms with van der Waals surface area (Å²) in [7, 11) is -3.76. The fourth-order valence-corrected chi connectivity index (χ4v) is 5.77. The molecule has 7 heteroatoms. The number of halogens is 1. The van der Waals surface area contributed by atoms with Gasteiger partial charge in [-0.1, -0.05) is 0 Å². The summed E-state index contributed by atoms with van der Waals surface area (Å²) in [6, 6.07) is 7.74. The molecule has 0 atom stereocenters. The number of carbonyl (C=O) groups excluding carboxylic acids is 1. The quantitative estimate of drug-likeness (QED) is 0.794. The Morgan fingerprint density at radius 1 is 1.07 bits per heavy atom. The Labute approximate surface area is 158 Å². The van der Waals surface area contributed by atoms with Crippen LogP contribution in [0.3, 0.4) is 0 Å². The lowest BCUT2D eigenvalue weighted by Gasteiger charge is -2.32. The Bertz CT molecular complexity index is 1050. The first-order chi connectivity index (χ1) is 12.8. The smallest absolute Gasteiger partial charge is 0.264 e. The number of rotatable bonds is 2. The number of sulfonamides is 1. The van der Waals surface area contributed by atoms with Gasteiger partial charge < -0.3 is 4.90 Å². The van der Waals surface area contributed by atoms with Gasteiger partial charge in [-0.2, -0.15) is 0 Å². The van der Waals surface area contributed by atoms with E-state index in [4.69, 9.17) is 0 Å². The maximum atomic E-state index is 13.8. The summed E-state index contributed by atoms with van der Waals surface area (Å²) in [4.78, 5) is 13.6. The van der Waals surface area contributed by atoms with Crippen molar-refractivity contribution in [1.29, 1.82) is 0 Å². The van der Waals surface area contributed by atoms with Crippen molar-refractivity contribution in [3.63, 3.8) is 0 Å². The molecule has 27 heavy (non-hydrogen) atoms. The van der Waals surface area contributed by atoms with Crippen LogP contribution < -0.4 is 9.21 Å². The minimum Gasteiger partial charge on any atom is -0.312 e. The van der Waals surface area contributed by atoms with Gasteiger partial charge in [-0.3, -0.25) is 9.10 Å². The van der Waals surface area contributed by atoms with Crippen LogP contribution in [-0.4, -0.2) is 27.4 Å². The molecule has 0 aliphatic carbocycles. The Morgan fingerprint density at radius 3 is 2.59 bits per heavy atom. The van der Waals surface area contributed by atoms with Crippen molar-refractivity contribution < 1.29 is 17.6 Å². The average Bonchev–Trinajstić information content (AvgIpc) is 3.04. The van der Waals surface area contributed by atoms with Crippen molar-refractivity contribution in [2.24, 2.45) is 0 Å². The second kappa shape index (κ2) is 6.34. The van der Waals surface area contributed by atoms with E-state index >= 15 is 0 Å². The summed E-state index contributed by atoms with van der Waals surface area (Å²) in [5.74, 6) is -0.390. The zero-order valence-electron chi connectivity index (χ0n) is 15.3. The fourth-order valence-electron chi connectivity index (χ4n) is 4.11. The molecule has 2 aliphatic heterocycles. The number of anilines is 2. The maximum absolute atomic E-state index is 13.8. The van der Waals surface area contributed by atoms with Gasteiger partial charge in [0, 0.05) is 25.7 Å². The molecule has 0 radical (unpaired) electrons. The SMILES string of the molecule is CC(=O)N1CCc2cc(S(=O)(=O)N3CCCc4cc(F)cc(C)c43)ccc21. The lowest BCUT2D eigenvalue weighted by Crippen LogP contribution is -2.36. The lowest BCUT2D eigenvalue weighted by atomic mass is 10.00. The molecule has 142 valence electrons. The van der Waals surface area contributed by atoms with Gasteiger partial charge in [0.2, 0.25) is 5.91 Å². The molecule has 0 N–H and O–H groups in total. The molecule has 5 nitrogen and oxygen atoms in total. The van der Waals surface area contributed by atoms with E-state index in [1.807, 2.05) is 0 Å². The Morgan fingerprint density at radius 2 is 1.85 bits per heavy atom. The first kappa shape index (κ1) is 18.0. The number of hydrogen-bond donors (Lipinski definition) is 0. The van der Waals surface area contributed by atoms with Crippen LogP contribution in [0, 0.1) is 12.7 Å². The summed E-state index contributed by atoms with van der Waals surface area (Å²) in [6.07, 6.45) is 1.95. The largest absolute Gasteiger partial charge is 0.312 e. The van der Waals surface area contributed by atoms with E-state index in [2.05, 4.69) is 0 Å². The van der Waals surface area contributed by atoms with E-state index in [1.165, 1.54) is 23.4 Å². The van der Waals surface area contributed by atoms with E-state index < -0.39 is 10.0 Å². The van der Waals surface area contributed by atoms with Crippen LogP contribution >= 0.6 is 0 Å². The number of amides is 1. The van der Waals surface area contributed by atoms with Gasteiger partial charge in [0.25, 0.3) is 10.0 Å². The van der Waals surface area contributed by atoms with Crippen LogP contribution in [0.15, 0.2) is 35.2 Å². The lowest BCUT2D eigenvalue weighted by molar-refractivity contribution is -0.116. The number of hydrogen-bond acceptors (Lipinski definition) is 3. The second-order valence-electron chi connectivity index (χ2n) is 7.12. The van der Waals surface area contributed by atoms with Crippen LogP contribution in [-0.2, 0) is 27.7 Å². The van der Waals surface area contributed by atoms with Crippen LogP contribution in [0.4, 0.5) is 15.8 Å². The number of aryl methyl sites for hydroxylation is 2. The highest BCUT2D eigenvalue weighted by molar-refractivity contribution is 7.92. The van der Waals surface area contributed by atoms with E-state index in [0.717, 1.165) is 16.8 Å². The number of carbonyl (C=O) groups is 1. The zero-order valence-corrected chi connectivity index (χ0v) is 16.1.